The van der Waals surface area contributed by atoms with Crippen LogP contribution < -0.4 is 22.3 Å². The van der Waals surface area contributed by atoms with Gasteiger partial charge in [0.05, 0.1) is 11.3 Å². The Bertz CT molecular complexity index is 991. The van der Waals surface area contributed by atoms with Gasteiger partial charge in [-0.25, -0.2) is 0 Å². The third kappa shape index (κ3) is 4.06. The zero-order valence-corrected chi connectivity index (χ0v) is 16.7. The maximum absolute atomic E-state index is 12.5. The van der Waals surface area contributed by atoms with Gasteiger partial charge in [-0.15, -0.1) is 5.10 Å². The minimum Gasteiger partial charge on any atom is -0.455 e. The highest BCUT2D eigenvalue weighted by Crippen LogP contribution is 2.30. The summed E-state index contributed by atoms with van der Waals surface area (Å²) in [5.74, 6) is -0.404. The highest BCUT2D eigenvalue weighted by Gasteiger charge is 2.28. The van der Waals surface area contributed by atoms with Crippen LogP contribution in [0.1, 0.15) is 50.6 Å². The van der Waals surface area contributed by atoms with Gasteiger partial charge in [-0.05, 0) is 47.8 Å². The fourth-order valence-corrected chi connectivity index (χ4v) is 3.45. The molecule has 28 heavy (non-hydrogen) atoms. The molecular formula is C18H19BrN6O3. The molecule has 0 bridgehead atoms. The van der Waals surface area contributed by atoms with E-state index in [1.165, 1.54) is 0 Å². The van der Waals surface area contributed by atoms with Crippen LogP contribution in [-0.2, 0) is 6.42 Å². The number of halogens is 1. The van der Waals surface area contributed by atoms with Crippen LogP contribution in [0.2, 0.25) is 0 Å². The molecule has 0 fully saturated rings. The van der Waals surface area contributed by atoms with Gasteiger partial charge < -0.3 is 15.9 Å². The number of fused-ring (bicyclic) bond motifs is 1. The minimum absolute atomic E-state index is 0.108. The van der Waals surface area contributed by atoms with E-state index in [1.54, 1.807) is 31.2 Å². The molecular weight excluding hydrogens is 428 g/mol. The molecule has 2 aromatic rings. The predicted octanol–water partition coefficient (Wildman–Crippen LogP) is 1.74. The smallest absolute Gasteiger partial charge is 0.305 e. The van der Waals surface area contributed by atoms with Gasteiger partial charge in [0.15, 0.2) is 5.76 Å². The lowest BCUT2D eigenvalue weighted by Gasteiger charge is -2.11. The number of guanidine groups is 1. The van der Waals surface area contributed by atoms with Crippen LogP contribution in [0.25, 0.3) is 0 Å². The van der Waals surface area contributed by atoms with Crippen molar-refractivity contribution in [1.29, 1.82) is 0 Å². The molecule has 1 heterocycles. The van der Waals surface area contributed by atoms with Gasteiger partial charge in [-0.1, -0.05) is 12.1 Å². The van der Waals surface area contributed by atoms with Crippen molar-refractivity contribution in [2.75, 3.05) is 0 Å². The highest BCUT2D eigenvalue weighted by molar-refractivity contribution is 9.10. The van der Waals surface area contributed by atoms with Crippen LogP contribution in [0.15, 0.2) is 43.4 Å². The van der Waals surface area contributed by atoms with Gasteiger partial charge in [0.1, 0.15) is 5.76 Å². The number of amides is 2. The number of rotatable bonds is 3. The van der Waals surface area contributed by atoms with Crippen LogP contribution in [0.3, 0.4) is 0 Å². The number of carbonyl (C=O) groups is 2. The zero-order valence-electron chi connectivity index (χ0n) is 15.1. The molecule has 146 valence electrons. The molecule has 3 rings (SSSR count). The predicted molar refractivity (Wildman–Crippen MR) is 108 cm³/mol. The van der Waals surface area contributed by atoms with Crippen LogP contribution in [0.5, 0.6) is 0 Å². The first-order valence-electron chi connectivity index (χ1n) is 8.51. The first kappa shape index (κ1) is 19.6. The van der Waals surface area contributed by atoms with E-state index in [0.717, 1.165) is 12.0 Å². The summed E-state index contributed by atoms with van der Waals surface area (Å²) in [5.41, 5.74) is 17.8. The summed E-state index contributed by atoms with van der Waals surface area (Å²) in [5, 5.41) is 7.77. The number of hydrazine groups is 1. The molecule has 1 aliphatic carbocycles. The molecule has 0 unspecified atom stereocenters. The van der Waals surface area contributed by atoms with Gasteiger partial charge >= 0.3 is 5.91 Å². The Balaban J connectivity index is 1.78. The topological polar surface area (TPSA) is 148 Å². The second-order valence-corrected chi connectivity index (χ2v) is 7.02. The molecule has 0 radical (unpaired) electrons. The zero-order chi connectivity index (χ0) is 20.3. The van der Waals surface area contributed by atoms with E-state index in [-0.39, 0.29) is 11.7 Å². The quantitative estimate of drug-likeness (QED) is 0.321. The van der Waals surface area contributed by atoms with Crippen molar-refractivity contribution in [2.24, 2.45) is 21.7 Å². The van der Waals surface area contributed by atoms with Crippen LogP contribution >= 0.6 is 15.9 Å². The summed E-state index contributed by atoms with van der Waals surface area (Å²) >= 11 is 3.30. The molecule has 1 aliphatic rings. The Morgan fingerprint density at radius 2 is 1.86 bits per heavy atom. The Morgan fingerprint density at radius 3 is 2.57 bits per heavy atom. The maximum Gasteiger partial charge on any atom is 0.305 e. The van der Waals surface area contributed by atoms with Gasteiger partial charge in [0, 0.05) is 22.0 Å². The Morgan fingerprint density at radius 1 is 1.14 bits per heavy atom. The molecule has 1 aromatic carbocycles. The number of nitrogens with zero attached hydrogens (tertiary/aromatic N) is 2. The normalized spacial score (nSPS) is 14.3. The van der Waals surface area contributed by atoms with Crippen molar-refractivity contribution < 1.29 is 14.0 Å². The lowest BCUT2D eigenvalue weighted by atomic mass is 9.93. The number of hydrogen-bond donors (Lipinski definition) is 4. The molecule has 0 atom stereocenters. The maximum atomic E-state index is 12.5. The average Bonchev–Trinajstić information content (AvgIpc) is 3.02. The standard InChI is InChI=1S/C18H19BrN6O3/c1-9-14-12(22-25-18(20)21)7-4-8-13(14)28-15(9)17(27)24-23-16(26)10-5-2-3-6-11(10)19/h2-3,5-6H,4,7-8H2,1H3,(H,23,26)(H,24,27)(H4,20,21,25)/b22-12+. The number of carbonyl (C=O) groups excluding carboxylic acids is 2. The molecule has 1 aromatic heterocycles. The van der Waals surface area contributed by atoms with Crippen molar-refractivity contribution in [3.8, 4) is 0 Å². The first-order valence-corrected chi connectivity index (χ1v) is 9.31. The lowest BCUT2D eigenvalue weighted by Crippen LogP contribution is -2.41. The summed E-state index contributed by atoms with van der Waals surface area (Å²) in [7, 11) is 0. The number of benzene rings is 1. The van der Waals surface area contributed by atoms with E-state index in [2.05, 4.69) is 37.0 Å². The van der Waals surface area contributed by atoms with Crippen LogP contribution in [-0.4, -0.2) is 23.5 Å². The van der Waals surface area contributed by atoms with Crippen molar-refractivity contribution in [2.45, 2.75) is 26.2 Å². The first-order chi connectivity index (χ1) is 13.4. The molecule has 0 saturated carbocycles. The third-order valence-electron chi connectivity index (χ3n) is 4.23. The highest BCUT2D eigenvalue weighted by atomic mass is 79.9. The Kier molecular flexibility index (Phi) is 5.78. The summed E-state index contributed by atoms with van der Waals surface area (Å²) in [6.45, 7) is 1.75. The van der Waals surface area contributed by atoms with Gasteiger partial charge in [-0.2, -0.15) is 5.10 Å². The van der Waals surface area contributed by atoms with Gasteiger partial charge in [0.25, 0.3) is 5.91 Å². The van der Waals surface area contributed by atoms with Crippen LogP contribution in [0, 0.1) is 6.92 Å². The molecule has 10 heteroatoms. The largest absolute Gasteiger partial charge is 0.455 e. The van der Waals surface area contributed by atoms with E-state index in [1.807, 2.05) is 0 Å². The molecule has 9 nitrogen and oxygen atoms in total. The van der Waals surface area contributed by atoms with Crippen LogP contribution in [0.4, 0.5) is 0 Å². The fourth-order valence-electron chi connectivity index (χ4n) is 2.99. The number of nitrogens with two attached hydrogens (primary N) is 2. The van der Waals surface area contributed by atoms with E-state index in [0.29, 0.717) is 39.9 Å². The van der Waals surface area contributed by atoms with E-state index < -0.39 is 11.8 Å². The number of furan rings is 1. The van der Waals surface area contributed by atoms with E-state index >= 15 is 0 Å². The minimum atomic E-state index is -0.562. The Labute approximate surface area is 169 Å². The van der Waals surface area contributed by atoms with Gasteiger partial charge in [0.2, 0.25) is 5.96 Å². The Hall–Kier alpha value is -3.14. The number of aryl methyl sites for hydroxylation is 1. The summed E-state index contributed by atoms with van der Waals surface area (Å²) < 4.78 is 6.35. The van der Waals surface area contributed by atoms with Crippen molar-refractivity contribution >= 4 is 39.4 Å². The molecule has 0 spiro atoms. The van der Waals surface area contributed by atoms with Crippen molar-refractivity contribution in [1.82, 2.24) is 10.9 Å². The van der Waals surface area contributed by atoms with Crippen molar-refractivity contribution in [3.05, 3.63) is 56.9 Å². The SMILES string of the molecule is Cc1c(C(=O)NNC(=O)c2ccccc2Br)oc2c1/C(=N/N=C(N)N)CCC2. The molecule has 6 N–H and O–H groups in total. The van der Waals surface area contributed by atoms with E-state index in [9.17, 15) is 9.59 Å². The summed E-state index contributed by atoms with van der Waals surface area (Å²) in [6.07, 6.45) is 2.15. The average molecular weight is 447 g/mol. The third-order valence-corrected chi connectivity index (χ3v) is 4.92. The summed E-state index contributed by atoms with van der Waals surface area (Å²) in [6, 6.07) is 6.88. The molecule has 0 saturated heterocycles. The van der Waals surface area contributed by atoms with Gasteiger partial charge in [-0.3, -0.25) is 20.4 Å². The second-order valence-electron chi connectivity index (χ2n) is 6.17. The second kappa shape index (κ2) is 8.26. The van der Waals surface area contributed by atoms with Crippen molar-refractivity contribution in [3.63, 3.8) is 0 Å². The monoisotopic (exact) mass is 446 g/mol. The molecule has 0 aliphatic heterocycles. The number of hydrogen-bond acceptors (Lipinski definition) is 5. The lowest BCUT2D eigenvalue weighted by molar-refractivity contribution is 0.0829. The number of nitrogens with one attached hydrogen (secondary N) is 2. The fraction of sp³-hybridized carbons (Fsp3) is 0.222. The van der Waals surface area contributed by atoms with E-state index in [4.69, 9.17) is 15.9 Å². The molecule has 2 amide bonds. The summed E-state index contributed by atoms with van der Waals surface area (Å²) in [4.78, 5) is 24.8.